The van der Waals surface area contributed by atoms with Gasteiger partial charge in [-0.15, -0.1) is 0 Å². The van der Waals surface area contributed by atoms with E-state index in [9.17, 15) is 18.0 Å². The summed E-state index contributed by atoms with van der Waals surface area (Å²) in [5.41, 5.74) is 2.82. The molecule has 2 fully saturated rings. The molecule has 2 aliphatic heterocycles. The summed E-state index contributed by atoms with van der Waals surface area (Å²) in [4.78, 5) is 19.5. The molecule has 1 amide bonds. The fraction of sp³-hybridized carbons (Fsp3) is 0.500. The quantitative estimate of drug-likeness (QED) is 0.330. The van der Waals surface area contributed by atoms with Gasteiger partial charge in [0.15, 0.2) is 0 Å². The van der Waals surface area contributed by atoms with Crippen molar-refractivity contribution in [2.24, 2.45) is 0 Å². The molecule has 2 saturated heterocycles. The Labute approximate surface area is 263 Å². The third-order valence-corrected chi connectivity index (χ3v) is 8.88. The molecular weight excluding hydrogens is 581 g/mol. The van der Waals surface area contributed by atoms with Crippen LogP contribution in [0.1, 0.15) is 41.7 Å². The summed E-state index contributed by atoms with van der Waals surface area (Å²) in [5.74, 6) is 6.42. The van der Waals surface area contributed by atoms with Gasteiger partial charge in [0.2, 0.25) is 0 Å². The van der Waals surface area contributed by atoms with E-state index in [4.69, 9.17) is 4.74 Å². The summed E-state index contributed by atoms with van der Waals surface area (Å²) in [7, 11) is 7.76. The number of methoxy groups -OCH3 is 1. The van der Waals surface area contributed by atoms with Crippen molar-refractivity contribution in [3.63, 3.8) is 0 Å². The Balaban J connectivity index is 1.30. The lowest BCUT2D eigenvalue weighted by Gasteiger charge is -2.35. The van der Waals surface area contributed by atoms with E-state index in [-0.39, 0.29) is 18.5 Å². The van der Waals surface area contributed by atoms with E-state index in [0.29, 0.717) is 47.3 Å². The molecule has 1 aromatic heterocycles. The predicted octanol–water partition coefficient (Wildman–Crippen LogP) is 5.35. The number of anilines is 2. The van der Waals surface area contributed by atoms with Crippen molar-refractivity contribution in [1.29, 1.82) is 0 Å². The van der Waals surface area contributed by atoms with Crippen molar-refractivity contribution >= 4 is 28.2 Å². The number of nitrogens with zero attached hydrogens (tertiary/aromatic N) is 4. The number of hydrogen-bond donors (Lipinski definition) is 2. The minimum atomic E-state index is -4.40. The smallest absolute Gasteiger partial charge is 0.406 e. The van der Waals surface area contributed by atoms with E-state index < -0.39 is 12.7 Å². The zero-order valence-electron chi connectivity index (χ0n) is 26.5. The summed E-state index contributed by atoms with van der Waals surface area (Å²) < 4.78 is 47.7. The van der Waals surface area contributed by atoms with Crippen LogP contribution in [0.4, 0.5) is 24.5 Å². The lowest BCUT2D eigenvalue weighted by molar-refractivity contribution is -0.140. The maximum Gasteiger partial charge on any atom is 0.406 e. The molecule has 0 saturated carbocycles. The lowest BCUT2D eigenvalue weighted by atomic mass is 10.0. The molecule has 242 valence electrons. The molecule has 8 nitrogen and oxygen atoms in total. The molecule has 0 unspecified atom stereocenters. The number of carbonyl (C=O) groups excluding carboxylic acids is 1. The molecule has 3 heterocycles. The van der Waals surface area contributed by atoms with Crippen molar-refractivity contribution in [1.82, 2.24) is 19.3 Å². The molecule has 45 heavy (non-hydrogen) atoms. The highest BCUT2D eigenvalue weighted by Crippen LogP contribution is 2.32. The molecule has 0 bridgehead atoms. The van der Waals surface area contributed by atoms with Crippen LogP contribution in [0.5, 0.6) is 5.75 Å². The van der Waals surface area contributed by atoms with Crippen LogP contribution in [0.2, 0.25) is 0 Å². The Morgan fingerprint density at radius 3 is 2.42 bits per heavy atom. The molecule has 11 heteroatoms. The van der Waals surface area contributed by atoms with Gasteiger partial charge in [-0.25, -0.2) is 0 Å². The first kappa shape index (κ1) is 32.5. The van der Waals surface area contributed by atoms with Gasteiger partial charge in [0, 0.05) is 41.8 Å². The number of piperidine rings is 2. The number of hydrogen-bond acceptors (Lipinski definition) is 6. The Bertz CT molecular complexity index is 1540. The van der Waals surface area contributed by atoms with E-state index in [1.165, 1.54) is 11.7 Å². The maximum absolute atomic E-state index is 13.6. The summed E-state index contributed by atoms with van der Waals surface area (Å²) in [6, 6.07) is 13.2. The Hall–Kier alpha value is -3.88. The molecule has 3 aromatic rings. The number of carbonyl (C=O) groups is 1. The highest BCUT2D eigenvalue weighted by Gasteiger charge is 2.30. The van der Waals surface area contributed by atoms with Crippen LogP contribution in [0.3, 0.4) is 0 Å². The van der Waals surface area contributed by atoms with Crippen LogP contribution in [0, 0.1) is 11.8 Å². The van der Waals surface area contributed by atoms with Gasteiger partial charge in [-0.05, 0) is 102 Å². The van der Waals surface area contributed by atoms with E-state index in [2.05, 4.69) is 53.4 Å². The predicted molar refractivity (Wildman–Crippen MR) is 173 cm³/mol. The normalized spacial score (nSPS) is 16.9. The number of alkyl halides is 3. The second kappa shape index (κ2) is 14.0. The minimum Gasteiger partial charge on any atom is -0.495 e. The highest BCUT2D eigenvalue weighted by atomic mass is 19.4. The third-order valence-electron chi connectivity index (χ3n) is 8.88. The van der Waals surface area contributed by atoms with Crippen LogP contribution in [0.15, 0.2) is 42.5 Å². The standard InChI is InChI=1S/C34H43F3N6O2/c1-40(2)26-14-19-42(20-15-26)33(44)24-10-11-30(32(21-24)45-4)38-16-6-7-27-22-28-29(39-25-12-17-41(3)18-13-25)8-5-9-31(28)43(27)23-34(35,36)37/h5,8-11,21-22,25-26,38-39H,12-20,23H2,1-4H3. The number of halogens is 3. The number of ether oxygens (including phenoxy) is 1. The van der Waals surface area contributed by atoms with E-state index in [0.717, 1.165) is 49.8 Å². The van der Waals surface area contributed by atoms with Crippen LogP contribution >= 0.6 is 0 Å². The molecule has 0 spiro atoms. The number of amides is 1. The zero-order chi connectivity index (χ0) is 32.1. The van der Waals surface area contributed by atoms with E-state index >= 15 is 0 Å². The van der Waals surface area contributed by atoms with Crippen molar-refractivity contribution < 1.29 is 22.7 Å². The average molecular weight is 625 g/mol. The first-order valence-electron chi connectivity index (χ1n) is 15.5. The summed E-state index contributed by atoms with van der Waals surface area (Å²) in [6.07, 6.45) is -0.573. The topological polar surface area (TPSA) is 65.0 Å². The number of benzene rings is 2. The van der Waals surface area contributed by atoms with Gasteiger partial charge in [0.05, 0.1) is 30.6 Å². The third kappa shape index (κ3) is 8.05. The number of likely N-dealkylation sites (tertiary alicyclic amines) is 2. The SMILES string of the molecule is COc1cc(C(=O)N2CCC(N(C)C)CC2)ccc1NCC#Cc1cc2c(NC3CCN(C)CC3)cccc2n1CC(F)(F)F. The molecule has 2 aliphatic rings. The maximum atomic E-state index is 13.6. The van der Waals surface area contributed by atoms with Crippen LogP contribution in [0.25, 0.3) is 10.9 Å². The monoisotopic (exact) mass is 624 g/mol. The fourth-order valence-electron chi connectivity index (χ4n) is 6.25. The molecule has 0 radical (unpaired) electrons. The first-order valence-corrected chi connectivity index (χ1v) is 15.5. The number of rotatable bonds is 8. The van der Waals surface area contributed by atoms with Gasteiger partial charge in [0.1, 0.15) is 12.3 Å². The van der Waals surface area contributed by atoms with Crippen molar-refractivity contribution in [2.75, 3.05) is 71.6 Å². The average Bonchev–Trinajstić information content (AvgIpc) is 3.36. The summed E-state index contributed by atoms with van der Waals surface area (Å²) in [6.45, 7) is 2.43. The molecule has 0 aliphatic carbocycles. The number of nitrogens with one attached hydrogen (secondary N) is 2. The molecule has 2 aromatic carbocycles. The van der Waals surface area contributed by atoms with Gasteiger partial charge in [-0.1, -0.05) is 12.0 Å². The Morgan fingerprint density at radius 1 is 1.02 bits per heavy atom. The lowest BCUT2D eigenvalue weighted by Crippen LogP contribution is -2.44. The highest BCUT2D eigenvalue weighted by molar-refractivity contribution is 5.95. The van der Waals surface area contributed by atoms with Gasteiger partial charge >= 0.3 is 6.18 Å². The summed E-state index contributed by atoms with van der Waals surface area (Å²) in [5, 5.41) is 7.48. The second-order valence-electron chi connectivity index (χ2n) is 12.2. The van der Waals surface area contributed by atoms with E-state index in [1.54, 1.807) is 36.4 Å². The van der Waals surface area contributed by atoms with Gasteiger partial charge < -0.3 is 34.6 Å². The second-order valence-corrected chi connectivity index (χ2v) is 12.2. The number of aromatic nitrogens is 1. The van der Waals surface area contributed by atoms with E-state index in [1.807, 2.05) is 11.0 Å². The number of fused-ring (bicyclic) bond motifs is 1. The molecular formula is C34H43F3N6O2. The van der Waals surface area contributed by atoms with Gasteiger partial charge in [-0.2, -0.15) is 13.2 Å². The molecule has 5 rings (SSSR count). The molecule has 2 N–H and O–H groups in total. The summed E-state index contributed by atoms with van der Waals surface area (Å²) >= 11 is 0. The van der Waals surface area contributed by atoms with Gasteiger partial charge in [0.25, 0.3) is 5.91 Å². The molecule has 0 atom stereocenters. The van der Waals surface area contributed by atoms with Crippen LogP contribution < -0.4 is 15.4 Å². The van der Waals surface area contributed by atoms with Crippen molar-refractivity contribution in [2.45, 2.75) is 50.5 Å². The largest absolute Gasteiger partial charge is 0.495 e. The fourth-order valence-corrected chi connectivity index (χ4v) is 6.25. The van der Waals surface area contributed by atoms with Crippen molar-refractivity contribution in [3.8, 4) is 17.6 Å². The minimum absolute atomic E-state index is 0.0287. The van der Waals surface area contributed by atoms with Gasteiger partial charge in [-0.3, -0.25) is 4.79 Å². The Kier molecular flexibility index (Phi) is 10.1. The first-order chi connectivity index (χ1) is 21.5. The Morgan fingerprint density at radius 2 is 1.76 bits per heavy atom. The van der Waals surface area contributed by atoms with Crippen molar-refractivity contribution in [3.05, 3.63) is 53.7 Å². The van der Waals surface area contributed by atoms with Crippen LogP contribution in [-0.4, -0.2) is 104 Å². The van der Waals surface area contributed by atoms with Crippen LogP contribution in [-0.2, 0) is 6.54 Å². The zero-order valence-corrected chi connectivity index (χ0v) is 26.5.